The SMILES string of the molecule is COc1c(C(F)F)[nH]c(I)cc1=O. The minimum Gasteiger partial charge on any atom is -0.491 e. The van der Waals surface area contributed by atoms with Gasteiger partial charge in [-0.15, -0.1) is 0 Å². The van der Waals surface area contributed by atoms with Crippen LogP contribution in [0.1, 0.15) is 12.1 Å². The number of methoxy groups -OCH3 is 1. The van der Waals surface area contributed by atoms with Crippen LogP contribution in [0.4, 0.5) is 8.78 Å². The molecule has 3 nitrogen and oxygen atoms in total. The molecule has 72 valence electrons. The van der Waals surface area contributed by atoms with Crippen molar-refractivity contribution in [2.45, 2.75) is 6.43 Å². The average molecular weight is 301 g/mol. The van der Waals surface area contributed by atoms with Crippen molar-refractivity contribution in [3.05, 3.63) is 25.7 Å². The van der Waals surface area contributed by atoms with Crippen LogP contribution in [0.5, 0.6) is 5.75 Å². The predicted octanol–water partition coefficient (Wildman–Crippen LogP) is 1.93. The van der Waals surface area contributed by atoms with Crippen LogP contribution in [0.2, 0.25) is 0 Å². The van der Waals surface area contributed by atoms with Gasteiger partial charge in [-0.1, -0.05) is 0 Å². The molecule has 1 rings (SSSR count). The lowest BCUT2D eigenvalue weighted by molar-refractivity contribution is 0.141. The van der Waals surface area contributed by atoms with Crippen LogP contribution in [0.3, 0.4) is 0 Å². The molecule has 1 heterocycles. The lowest BCUT2D eigenvalue weighted by Crippen LogP contribution is -2.11. The number of alkyl halides is 2. The summed E-state index contributed by atoms with van der Waals surface area (Å²) in [7, 11) is 1.18. The molecule has 0 amide bonds. The fourth-order valence-electron chi connectivity index (χ4n) is 0.899. The number of halogens is 3. The quantitative estimate of drug-likeness (QED) is 0.670. The first-order valence-corrected chi connectivity index (χ1v) is 4.39. The zero-order chi connectivity index (χ0) is 10.0. The van der Waals surface area contributed by atoms with E-state index in [-0.39, 0.29) is 5.75 Å². The van der Waals surface area contributed by atoms with Gasteiger partial charge in [0.2, 0.25) is 5.43 Å². The largest absolute Gasteiger partial charge is 0.491 e. The van der Waals surface area contributed by atoms with Crippen molar-refractivity contribution < 1.29 is 13.5 Å². The van der Waals surface area contributed by atoms with E-state index in [1.807, 2.05) is 0 Å². The van der Waals surface area contributed by atoms with Gasteiger partial charge in [0.1, 0.15) is 5.69 Å². The Kier molecular flexibility index (Phi) is 3.23. The summed E-state index contributed by atoms with van der Waals surface area (Å²) in [5.74, 6) is -0.324. The van der Waals surface area contributed by atoms with Gasteiger partial charge in [-0.25, -0.2) is 8.78 Å². The van der Waals surface area contributed by atoms with Crippen molar-refractivity contribution in [1.29, 1.82) is 0 Å². The summed E-state index contributed by atoms with van der Waals surface area (Å²) in [5.41, 5.74) is -1.01. The van der Waals surface area contributed by atoms with Gasteiger partial charge in [0.15, 0.2) is 5.75 Å². The van der Waals surface area contributed by atoms with Crippen molar-refractivity contribution >= 4 is 22.6 Å². The molecule has 1 N–H and O–H groups in total. The highest BCUT2D eigenvalue weighted by Crippen LogP contribution is 2.23. The topological polar surface area (TPSA) is 42.1 Å². The standard InChI is InChI=1S/C7H6F2INO2/c1-13-6-3(12)2-4(10)11-5(6)7(8)9/h2,7H,1H3,(H,11,12). The molecule has 13 heavy (non-hydrogen) atoms. The van der Waals surface area contributed by atoms with Crippen LogP contribution >= 0.6 is 22.6 Å². The Labute approximate surface area is 86.2 Å². The summed E-state index contributed by atoms with van der Waals surface area (Å²) in [6.45, 7) is 0. The summed E-state index contributed by atoms with van der Waals surface area (Å²) in [6.07, 6.45) is -2.74. The Balaban J connectivity index is 3.38. The first kappa shape index (κ1) is 10.4. The summed E-state index contributed by atoms with van der Waals surface area (Å²) in [5, 5.41) is 0. The lowest BCUT2D eigenvalue weighted by atomic mass is 10.3. The molecule has 0 aliphatic heterocycles. The van der Waals surface area contributed by atoms with E-state index in [4.69, 9.17) is 0 Å². The molecule has 0 bridgehead atoms. The third-order valence-corrected chi connectivity index (χ3v) is 1.98. The zero-order valence-corrected chi connectivity index (χ0v) is 8.76. The third-order valence-electron chi connectivity index (χ3n) is 1.40. The number of aromatic amines is 1. The van der Waals surface area contributed by atoms with E-state index >= 15 is 0 Å². The van der Waals surface area contributed by atoms with E-state index in [1.54, 1.807) is 22.6 Å². The first-order valence-electron chi connectivity index (χ1n) is 3.31. The third kappa shape index (κ3) is 2.17. The number of H-pyrrole nitrogens is 1. The first-order chi connectivity index (χ1) is 6.06. The molecular weight excluding hydrogens is 295 g/mol. The summed E-state index contributed by atoms with van der Waals surface area (Å²) < 4.78 is 29.6. The fraction of sp³-hybridized carbons (Fsp3) is 0.286. The average Bonchev–Trinajstić information content (AvgIpc) is 2.02. The van der Waals surface area contributed by atoms with Gasteiger partial charge in [0.05, 0.1) is 10.8 Å². The highest BCUT2D eigenvalue weighted by Gasteiger charge is 2.17. The summed E-state index contributed by atoms with van der Waals surface area (Å²) in [4.78, 5) is 13.5. The number of aromatic nitrogens is 1. The second kappa shape index (κ2) is 4.03. The van der Waals surface area contributed by atoms with E-state index in [1.165, 1.54) is 13.2 Å². The van der Waals surface area contributed by atoms with Crippen molar-refractivity contribution in [3.63, 3.8) is 0 Å². The van der Waals surface area contributed by atoms with E-state index in [2.05, 4.69) is 9.72 Å². The molecule has 0 aromatic carbocycles. The van der Waals surface area contributed by atoms with Crippen LogP contribution in [-0.2, 0) is 0 Å². The van der Waals surface area contributed by atoms with Crippen molar-refractivity contribution in [2.75, 3.05) is 7.11 Å². The van der Waals surface area contributed by atoms with Gasteiger partial charge >= 0.3 is 0 Å². The predicted molar refractivity (Wildman–Crippen MR) is 51.3 cm³/mol. The minimum atomic E-state index is -2.74. The molecule has 0 aliphatic rings. The van der Waals surface area contributed by atoms with Crippen molar-refractivity contribution in [3.8, 4) is 5.75 Å². The van der Waals surface area contributed by atoms with Gasteiger partial charge in [-0.05, 0) is 22.6 Å². The number of hydrogen-bond donors (Lipinski definition) is 1. The highest BCUT2D eigenvalue weighted by molar-refractivity contribution is 14.1. The normalized spacial score (nSPS) is 10.5. The Morgan fingerprint density at radius 2 is 2.23 bits per heavy atom. The maximum atomic E-state index is 12.3. The molecule has 1 aromatic heterocycles. The van der Waals surface area contributed by atoms with Crippen LogP contribution in [-0.4, -0.2) is 12.1 Å². The minimum absolute atomic E-state index is 0.324. The van der Waals surface area contributed by atoms with Crippen LogP contribution in [0.25, 0.3) is 0 Å². The molecule has 0 saturated heterocycles. The second-order valence-corrected chi connectivity index (χ2v) is 3.39. The van der Waals surface area contributed by atoms with Crippen molar-refractivity contribution in [2.24, 2.45) is 0 Å². The highest BCUT2D eigenvalue weighted by atomic mass is 127. The molecule has 0 radical (unpaired) electrons. The molecule has 0 fully saturated rings. The van der Waals surface area contributed by atoms with Gasteiger partial charge in [-0.2, -0.15) is 0 Å². The second-order valence-electron chi connectivity index (χ2n) is 2.23. The maximum absolute atomic E-state index is 12.3. The molecule has 0 saturated carbocycles. The summed E-state index contributed by atoms with van der Waals surface area (Å²) in [6, 6.07) is 1.20. The number of hydrogen-bond acceptors (Lipinski definition) is 2. The Hall–Kier alpha value is -0.660. The number of nitrogens with one attached hydrogen (secondary N) is 1. The molecule has 0 unspecified atom stereocenters. The van der Waals surface area contributed by atoms with Gasteiger partial charge < -0.3 is 9.72 Å². The maximum Gasteiger partial charge on any atom is 0.282 e. The Bertz CT molecular complexity index is 364. The summed E-state index contributed by atoms with van der Waals surface area (Å²) >= 11 is 1.75. The molecule has 0 atom stereocenters. The molecule has 0 spiro atoms. The number of rotatable bonds is 2. The van der Waals surface area contributed by atoms with Crippen LogP contribution in [0, 0.1) is 3.70 Å². The van der Waals surface area contributed by atoms with E-state index in [0.717, 1.165) is 0 Å². The van der Waals surface area contributed by atoms with Gasteiger partial charge in [0.25, 0.3) is 6.43 Å². The fourth-order valence-corrected chi connectivity index (χ4v) is 1.47. The molecule has 6 heteroatoms. The molecule has 0 aliphatic carbocycles. The number of ether oxygens (including phenoxy) is 1. The molecule has 1 aromatic rings. The van der Waals surface area contributed by atoms with E-state index in [0.29, 0.717) is 3.70 Å². The monoisotopic (exact) mass is 301 g/mol. The Morgan fingerprint density at radius 1 is 1.62 bits per heavy atom. The lowest BCUT2D eigenvalue weighted by Gasteiger charge is -2.06. The Morgan fingerprint density at radius 3 is 2.69 bits per heavy atom. The van der Waals surface area contributed by atoms with E-state index in [9.17, 15) is 13.6 Å². The smallest absolute Gasteiger partial charge is 0.282 e. The van der Waals surface area contributed by atoms with Crippen molar-refractivity contribution in [1.82, 2.24) is 4.98 Å². The van der Waals surface area contributed by atoms with Crippen LogP contribution in [0.15, 0.2) is 10.9 Å². The molecular formula is C7H6F2INO2. The van der Waals surface area contributed by atoms with E-state index < -0.39 is 17.5 Å². The van der Waals surface area contributed by atoms with Gasteiger partial charge in [0, 0.05) is 6.07 Å². The number of pyridine rings is 1. The zero-order valence-electron chi connectivity index (χ0n) is 6.61. The van der Waals surface area contributed by atoms with Gasteiger partial charge in [-0.3, -0.25) is 4.79 Å². The van der Waals surface area contributed by atoms with Crippen LogP contribution < -0.4 is 10.2 Å².